The van der Waals surface area contributed by atoms with Crippen LogP contribution in [0.3, 0.4) is 0 Å². The van der Waals surface area contributed by atoms with Crippen molar-refractivity contribution in [3.8, 4) is 0 Å². The van der Waals surface area contributed by atoms with Gasteiger partial charge in [-0.1, -0.05) is 23.7 Å². The first kappa shape index (κ1) is 15.5. The van der Waals surface area contributed by atoms with E-state index in [1.807, 2.05) is 12.1 Å². The standard InChI is InChI=1S/C13H12Cl2N4O2/c1-8-11(19(20)21)12(18-13(15)17-8)16-7-6-9-2-4-10(14)5-3-9/h2-5H,6-7H2,1H3,(H,16,17,18). The number of hydrogen-bond donors (Lipinski definition) is 1. The molecule has 0 spiro atoms. The summed E-state index contributed by atoms with van der Waals surface area (Å²) in [4.78, 5) is 18.2. The Kier molecular flexibility index (Phi) is 4.93. The zero-order chi connectivity index (χ0) is 15.4. The van der Waals surface area contributed by atoms with E-state index in [0.29, 0.717) is 18.0 Å². The van der Waals surface area contributed by atoms with E-state index in [-0.39, 0.29) is 22.5 Å². The molecule has 1 heterocycles. The molecule has 0 saturated heterocycles. The second kappa shape index (κ2) is 6.69. The van der Waals surface area contributed by atoms with E-state index >= 15 is 0 Å². The summed E-state index contributed by atoms with van der Waals surface area (Å²) in [6.45, 7) is 2.01. The van der Waals surface area contributed by atoms with Gasteiger partial charge in [-0.15, -0.1) is 0 Å². The summed E-state index contributed by atoms with van der Waals surface area (Å²) >= 11 is 11.6. The van der Waals surface area contributed by atoms with E-state index in [1.165, 1.54) is 6.92 Å². The topological polar surface area (TPSA) is 81.0 Å². The van der Waals surface area contributed by atoms with E-state index in [1.54, 1.807) is 12.1 Å². The molecule has 1 N–H and O–H groups in total. The Morgan fingerprint density at radius 1 is 1.24 bits per heavy atom. The molecule has 0 bridgehead atoms. The van der Waals surface area contributed by atoms with Gasteiger partial charge in [-0.05, 0) is 42.6 Å². The van der Waals surface area contributed by atoms with Crippen LogP contribution in [0.1, 0.15) is 11.3 Å². The molecule has 6 nitrogen and oxygen atoms in total. The Bertz CT molecular complexity index is 662. The van der Waals surface area contributed by atoms with Gasteiger partial charge >= 0.3 is 5.69 Å². The van der Waals surface area contributed by atoms with Crippen LogP contribution in [-0.2, 0) is 6.42 Å². The number of aromatic nitrogens is 2. The molecule has 110 valence electrons. The molecule has 2 aromatic rings. The molecule has 0 aliphatic carbocycles. The van der Waals surface area contributed by atoms with Crippen LogP contribution < -0.4 is 5.32 Å². The van der Waals surface area contributed by atoms with Crippen LogP contribution in [0.15, 0.2) is 24.3 Å². The first-order chi connectivity index (χ1) is 9.97. The van der Waals surface area contributed by atoms with Crippen LogP contribution in [0, 0.1) is 17.0 Å². The molecule has 0 radical (unpaired) electrons. The van der Waals surface area contributed by atoms with Gasteiger partial charge in [0, 0.05) is 11.6 Å². The average Bonchev–Trinajstić information content (AvgIpc) is 2.39. The fraction of sp³-hybridized carbons (Fsp3) is 0.231. The summed E-state index contributed by atoms with van der Waals surface area (Å²) in [6, 6.07) is 7.39. The zero-order valence-electron chi connectivity index (χ0n) is 11.1. The Balaban J connectivity index is 2.09. The molecule has 0 aliphatic heterocycles. The minimum atomic E-state index is -0.518. The number of anilines is 1. The predicted octanol–water partition coefficient (Wildman–Crippen LogP) is 3.65. The maximum Gasteiger partial charge on any atom is 0.332 e. The molecular weight excluding hydrogens is 315 g/mol. The molecule has 0 amide bonds. The Hall–Kier alpha value is -1.92. The quantitative estimate of drug-likeness (QED) is 0.515. The first-order valence-corrected chi connectivity index (χ1v) is 6.90. The number of halogens is 2. The summed E-state index contributed by atoms with van der Waals surface area (Å²) in [5, 5.41) is 14.6. The van der Waals surface area contributed by atoms with Crippen LogP contribution >= 0.6 is 23.2 Å². The molecule has 2 rings (SSSR count). The molecule has 1 aromatic heterocycles. The highest BCUT2D eigenvalue weighted by atomic mass is 35.5. The van der Waals surface area contributed by atoms with E-state index < -0.39 is 4.92 Å². The van der Waals surface area contributed by atoms with Crippen molar-refractivity contribution in [1.82, 2.24) is 9.97 Å². The van der Waals surface area contributed by atoms with Crippen molar-refractivity contribution < 1.29 is 4.92 Å². The molecule has 0 fully saturated rings. The van der Waals surface area contributed by atoms with Crippen LogP contribution in [0.25, 0.3) is 0 Å². The summed E-state index contributed by atoms with van der Waals surface area (Å²) < 4.78 is 0. The van der Waals surface area contributed by atoms with Crippen molar-refractivity contribution in [2.24, 2.45) is 0 Å². The highest BCUT2D eigenvalue weighted by molar-refractivity contribution is 6.30. The van der Waals surface area contributed by atoms with Gasteiger partial charge in [0.15, 0.2) is 0 Å². The Morgan fingerprint density at radius 3 is 2.52 bits per heavy atom. The van der Waals surface area contributed by atoms with Gasteiger partial charge in [-0.25, -0.2) is 4.98 Å². The maximum atomic E-state index is 11.1. The zero-order valence-corrected chi connectivity index (χ0v) is 12.6. The largest absolute Gasteiger partial charge is 0.364 e. The van der Waals surface area contributed by atoms with Gasteiger partial charge in [0.25, 0.3) is 0 Å². The van der Waals surface area contributed by atoms with Gasteiger partial charge in [-0.3, -0.25) is 10.1 Å². The first-order valence-electron chi connectivity index (χ1n) is 6.14. The van der Waals surface area contributed by atoms with Gasteiger partial charge in [0.1, 0.15) is 5.69 Å². The van der Waals surface area contributed by atoms with E-state index in [2.05, 4.69) is 15.3 Å². The average molecular weight is 327 g/mol. The minimum absolute atomic E-state index is 0.0212. The van der Waals surface area contributed by atoms with Gasteiger partial charge < -0.3 is 5.32 Å². The molecule has 8 heteroatoms. The van der Waals surface area contributed by atoms with Crippen molar-refractivity contribution in [2.75, 3.05) is 11.9 Å². The van der Waals surface area contributed by atoms with Crippen LogP contribution in [-0.4, -0.2) is 21.4 Å². The van der Waals surface area contributed by atoms with E-state index in [9.17, 15) is 10.1 Å². The number of rotatable bonds is 5. The van der Waals surface area contributed by atoms with Crippen LogP contribution in [0.4, 0.5) is 11.5 Å². The van der Waals surface area contributed by atoms with Crippen LogP contribution in [0.5, 0.6) is 0 Å². The van der Waals surface area contributed by atoms with Crippen molar-refractivity contribution in [3.05, 3.63) is 55.9 Å². The van der Waals surface area contributed by atoms with Gasteiger partial charge in [0.2, 0.25) is 11.1 Å². The number of hydrogen-bond acceptors (Lipinski definition) is 5. The fourth-order valence-corrected chi connectivity index (χ4v) is 2.19. The van der Waals surface area contributed by atoms with Crippen molar-refractivity contribution in [3.63, 3.8) is 0 Å². The van der Waals surface area contributed by atoms with Gasteiger partial charge in [-0.2, -0.15) is 4.98 Å². The molecule has 0 atom stereocenters. The predicted molar refractivity (Wildman–Crippen MR) is 82.1 cm³/mol. The van der Waals surface area contributed by atoms with E-state index in [4.69, 9.17) is 23.2 Å². The summed E-state index contributed by atoms with van der Waals surface area (Å²) in [5.74, 6) is 0.131. The molecule has 0 unspecified atom stereocenters. The lowest BCUT2D eigenvalue weighted by molar-refractivity contribution is -0.385. The summed E-state index contributed by atoms with van der Waals surface area (Å²) in [5.41, 5.74) is 1.14. The molecule has 0 aliphatic rings. The third kappa shape index (κ3) is 4.03. The lowest BCUT2D eigenvalue weighted by atomic mass is 10.1. The Labute approximate surface area is 131 Å². The smallest absolute Gasteiger partial charge is 0.332 e. The molecule has 1 aromatic carbocycles. The highest BCUT2D eigenvalue weighted by Gasteiger charge is 2.21. The minimum Gasteiger partial charge on any atom is -0.364 e. The third-order valence-electron chi connectivity index (χ3n) is 2.83. The monoisotopic (exact) mass is 326 g/mol. The third-order valence-corrected chi connectivity index (χ3v) is 3.25. The SMILES string of the molecule is Cc1nc(Cl)nc(NCCc2ccc(Cl)cc2)c1[N+](=O)[O-]. The van der Waals surface area contributed by atoms with Crippen LogP contribution in [0.2, 0.25) is 10.3 Å². The molecular formula is C13H12Cl2N4O2. The highest BCUT2D eigenvalue weighted by Crippen LogP contribution is 2.26. The van der Waals surface area contributed by atoms with E-state index in [0.717, 1.165) is 5.56 Å². The van der Waals surface area contributed by atoms with Gasteiger partial charge in [0.05, 0.1) is 4.92 Å². The van der Waals surface area contributed by atoms with Crippen molar-refractivity contribution in [1.29, 1.82) is 0 Å². The van der Waals surface area contributed by atoms with Crippen molar-refractivity contribution >= 4 is 34.7 Å². The summed E-state index contributed by atoms with van der Waals surface area (Å²) in [7, 11) is 0. The number of nitro groups is 1. The second-order valence-corrected chi connectivity index (χ2v) is 5.11. The summed E-state index contributed by atoms with van der Waals surface area (Å²) in [6.07, 6.45) is 0.676. The normalized spacial score (nSPS) is 10.4. The van der Waals surface area contributed by atoms with Crippen molar-refractivity contribution in [2.45, 2.75) is 13.3 Å². The molecule has 0 saturated carbocycles. The maximum absolute atomic E-state index is 11.1. The lowest BCUT2D eigenvalue weighted by Crippen LogP contribution is -2.10. The number of benzene rings is 1. The Morgan fingerprint density at radius 2 is 1.90 bits per heavy atom. The number of aryl methyl sites for hydroxylation is 1. The second-order valence-electron chi connectivity index (χ2n) is 4.34. The number of nitrogens with one attached hydrogen (secondary N) is 1. The molecule has 21 heavy (non-hydrogen) atoms. The fourth-order valence-electron chi connectivity index (χ4n) is 1.85. The number of nitrogens with zero attached hydrogens (tertiary/aromatic N) is 3. The lowest BCUT2D eigenvalue weighted by Gasteiger charge is -2.08.